The second kappa shape index (κ2) is 4.27. The van der Waals surface area contributed by atoms with Gasteiger partial charge in [-0.25, -0.2) is 4.98 Å². The molecule has 0 radical (unpaired) electrons. The van der Waals surface area contributed by atoms with Crippen molar-refractivity contribution in [3.63, 3.8) is 0 Å². The second-order valence-electron chi connectivity index (χ2n) is 4.07. The number of carboxylic acid groups (broad SMARTS) is 1. The number of aliphatic carboxylic acids is 1. The predicted molar refractivity (Wildman–Crippen MR) is 68.2 cm³/mol. The lowest BCUT2D eigenvalue weighted by Gasteiger charge is -2.15. The van der Waals surface area contributed by atoms with E-state index in [1.54, 1.807) is 31.6 Å². The van der Waals surface area contributed by atoms with Crippen LogP contribution in [0.3, 0.4) is 0 Å². The Kier molecular flexibility index (Phi) is 3.09. The number of rotatable bonds is 3. The molecule has 0 fully saturated rings. The Balaban J connectivity index is 2.41. The van der Waals surface area contributed by atoms with E-state index in [0.717, 1.165) is 4.47 Å². The summed E-state index contributed by atoms with van der Waals surface area (Å²) in [5.74, 6) is -0.268. The first-order valence-electron chi connectivity index (χ1n) is 4.85. The lowest BCUT2D eigenvalue weighted by Crippen LogP contribution is -2.28. The first kappa shape index (κ1) is 12.3. The van der Waals surface area contributed by atoms with Gasteiger partial charge in [0.05, 0.1) is 16.4 Å². The highest BCUT2D eigenvalue weighted by molar-refractivity contribution is 9.10. The number of thiazole rings is 1. The molecule has 0 spiro atoms. The number of aromatic nitrogens is 1. The average Bonchev–Trinajstić information content (AvgIpc) is 2.85. The van der Waals surface area contributed by atoms with Crippen LogP contribution in [0.25, 0.3) is 10.8 Å². The smallest absolute Gasteiger partial charge is 0.315 e. The van der Waals surface area contributed by atoms with Gasteiger partial charge in [-0.3, -0.25) is 4.79 Å². The molecular weight excluding hydrogens is 306 g/mol. The quantitative estimate of drug-likeness (QED) is 0.941. The summed E-state index contributed by atoms with van der Waals surface area (Å²) in [5.41, 5.74) is -0.457. The molecule has 0 aliphatic rings. The van der Waals surface area contributed by atoms with Gasteiger partial charge >= 0.3 is 5.97 Å². The Bertz CT molecular complexity index is 559. The SMILES string of the molecule is CC(C)(C(=O)O)c1csc(-c2occc2Br)n1. The summed E-state index contributed by atoms with van der Waals surface area (Å²) in [6.45, 7) is 3.26. The molecule has 2 heterocycles. The van der Waals surface area contributed by atoms with Gasteiger partial charge in [-0.1, -0.05) is 0 Å². The van der Waals surface area contributed by atoms with Crippen LogP contribution in [-0.4, -0.2) is 16.1 Å². The largest absolute Gasteiger partial charge is 0.481 e. The Labute approximate surface area is 110 Å². The van der Waals surface area contributed by atoms with E-state index in [9.17, 15) is 4.79 Å². The predicted octanol–water partition coefficient (Wildman–Crippen LogP) is 3.53. The maximum Gasteiger partial charge on any atom is 0.315 e. The van der Waals surface area contributed by atoms with Gasteiger partial charge in [-0.15, -0.1) is 11.3 Å². The molecule has 0 bridgehead atoms. The minimum absolute atomic E-state index is 0.535. The second-order valence-corrected chi connectivity index (χ2v) is 5.78. The van der Waals surface area contributed by atoms with Crippen LogP contribution >= 0.6 is 27.3 Å². The van der Waals surface area contributed by atoms with Gasteiger partial charge in [-0.05, 0) is 35.8 Å². The van der Waals surface area contributed by atoms with Crippen LogP contribution < -0.4 is 0 Å². The molecule has 90 valence electrons. The highest BCUT2D eigenvalue weighted by Gasteiger charge is 2.32. The van der Waals surface area contributed by atoms with Gasteiger partial charge in [0.15, 0.2) is 10.8 Å². The molecule has 0 aliphatic carbocycles. The summed E-state index contributed by atoms with van der Waals surface area (Å²) in [6, 6.07) is 1.78. The van der Waals surface area contributed by atoms with Crippen molar-refractivity contribution in [1.29, 1.82) is 0 Å². The first-order chi connectivity index (χ1) is 7.93. The third-order valence-electron chi connectivity index (χ3n) is 2.49. The Morgan fingerprint density at radius 3 is 2.82 bits per heavy atom. The molecule has 6 heteroatoms. The van der Waals surface area contributed by atoms with Crippen LogP contribution in [-0.2, 0) is 10.2 Å². The maximum absolute atomic E-state index is 11.1. The van der Waals surface area contributed by atoms with Gasteiger partial charge in [0.25, 0.3) is 0 Å². The molecule has 0 saturated carbocycles. The average molecular weight is 316 g/mol. The number of hydrogen-bond acceptors (Lipinski definition) is 4. The van der Waals surface area contributed by atoms with Gasteiger partial charge in [-0.2, -0.15) is 0 Å². The summed E-state index contributed by atoms with van der Waals surface area (Å²) >= 11 is 4.72. The van der Waals surface area contributed by atoms with Gasteiger partial charge in [0.2, 0.25) is 0 Å². The highest BCUT2D eigenvalue weighted by Crippen LogP contribution is 2.34. The number of nitrogens with zero attached hydrogens (tertiary/aromatic N) is 1. The fourth-order valence-electron chi connectivity index (χ4n) is 1.22. The molecule has 0 aromatic carbocycles. The molecule has 4 nitrogen and oxygen atoms in total. The summed E-state index contributed by atoms with van der Waals surface area (Å²) in [7, 11) is 0. The molecule has 2 aromatic rings. The van der Waals surface area contributed by atoms with Crippen LogP contribution in [0.2, 0.25) is 0 Å². The summed E-state index contributed by atoms with van der Waals surface area (Å²) < 4.78 is 6.10. The lowest BCUT2D eigenvalue weighted by atomic mass is 9.90. The van der Waals surface area contributed by atoms with E-state index in [0.29, 0.717) is 16.5 Å². The third kappa shape index (κ3) is 2.14. The van der Waals surface area contributed by atoms with Crippen molar-refractivity contribution in [3.05, 3.63) is 27.9 Å². The van der Waals surface area contributed by atoms with Crippen molar-refractivity contribution in [3.8, 4) is 10.8 Å². The topological polar surface area (TPSA) is 63.3 Å². The van der Waals surface area contributed by atoms with Crippen molar-refractivity contribution >= 4 is 33.2 Å². The van der Waals surface area contributed by atoms with Gasteiger partial charge < -0.3 is 9.52 Å². The van der Waals surface area contributed by atoms with E-state index >= 15 is 0 Å². The fraction of sp³-hybridized carbons (Fsp3) is 0.273. The van der Waals surface area contributed by atoms with E-state index in [2.05, 4.69) is 20.9 Å². The van der Waals surface area contributed by atoms with E-state index in [-0.39, 0.29) is 0 Å². The minimum atomic E-state index is -0.992. The van der Waals surface area contributed by atoms with Crippen molar-refractivity contribution in [2.45, 2.75) is 19.3 Å². The van der Waals surface area contributed by atoms with Crippen LogP contribution in [0.15, 0.2) is 26.6 Å². The van der Waals surface area contributed by atoms with E-state index in [1.807, 2.05) is 0 Å². The summed E-state index contributed by atoms with van der Waals surface area (Å²) in [6.07, 6.45) is 1.56. The fourth-order valence-corrected chi connectivity index (χ4v) is 2.73. The summed E-state index contributed by atoms with van der Waals surface area (Å²) in [5, 5.41) is 11.5. The van der Waals surface area contributed by atoms with Crippen molar-refractivity contribution < 1.29 is 14.3 Å². The zero-order valence-corrected chi connectivity index (χ0v) is 11.6. The Morgan fingerprint density at radius 1 is 1.59 bits per heavy atom. The third-order valence-corrected chi connectivity index (χ3v) is 3.96. The molecule has 0 aliphatic heterocycles. The van der Waals surface area contributed by atoms with Crippen molar-refractivity contribution in [2.75, 3.05) is 0 Å². The molecule has 0 atom stereocenters. The number of carbonyl (C=O) groups is 1. The molecule has 17 heavy (non-hydrogen) atoms. The monoisotopic (exact) mass is 315 g/mol. The molecule has 1 N–H and O–H groups in total. The van der Waals surface area contributed by atoms with Gasteiger partial charge in [0, 0.05) is 5.38 Å². The molecule has 0 saturated heterocycles. The summed E-state index contributed by atoms with van der Waals surface area (Å²) in [4.78, 5) is 15.4. The van der Waals surface area contributed by atoms with E-state index < -0.39 is 11.4 Å². The van der Waals surface area contributed by atoms with Crippen molar-refractivity contribution in [1.82, 2.24) is 4.98 Å². The molecule has 0 unspecified atom stereocenters. The van der Waals surface area contributed by atoms with Crippen LogP contribution in [0, 0.1) is 0 Å². The lowest BCUT2D eigenvalue weighted by molar-refractivity contribution is -0.142. The van der Waals surface area contributed by atoms with E-state index in [4.69, 9.17) is 9.52 Å². The maximum atomic E-state index is 11.1. The molecule has 0 amide bonds. The highest BCUT2D eigenvalue weighted by atomic mass is 79.9. The molecular formula is C11H10BrNO3S. The van der Waals surface area contributed by atoms with Crippen LogP contribution in [0.4, 0.5) is 0 Å². The normalized spacial score (nSPS) is 11.7. The Morgan fingerprint density at radius 2 is 2.29 bits per heavy atom. The first-order valence-corrected chi connectivity index (χ1v) is 6.53. The molecule has 2 rings (SSSR count). The van der Waals surface area contributed by atoms with Crippen molar-refractivity contribution in [2.24, 2.45) is 0 Å². The number of hydrogen-bond donors (Lipinski definition) is 1. The zero-order valence-electron chi connectivity index (χ0n) is 9.23. The van der Waals surface area contributed by atoms with E-state index in [1.165, 1.54) is 11.3 Å². The van der Waals surface area contributed by atoms with Gasteiger partial charge in [0.1, 0.15) is 5.41 Å². The zero-order chi connectivity index (χ0) is 12.6. The number of carboxylic acids is 1. The van der Waals surface area contributed by atoms with Crippen LogP contribution in [0.1, 0.15) is 19.5 Å². The molecule has 2 aromatic heterocycles. The minimum Gasteiger partial charge on any atom is -0.481 e. The standard InChI is InChI=1S/C11H10BrNO3S/c1-11(2,10(14)15)7-5-17-9(13-7)8-6(12)3-4-16-8/h3-5H,1-2H3,(H,14,15). The van der Waals surface area contributed by atoms with Crippen LogP contribution in [0.5, 0.6) is 0 Å². The Hall–Kier alpha value is -1.14. The number of furan rings is 1. The number of halogens is 1.